The van der Waals surface area contributed by atoms with E-state index in [-0.39, 0.29) is 25.5 Å². The molecule has 0 saturated heterocycles. The Balaban J connectivity index is 1.64. The van der Waals surface area contributed by atoms with Gasteiger partial charge in [0.25, 0.3) is 0 Å². The number of nitrogens with zero attached hydrogens (tertiary/aromatic N) is 1. The van der Waals surface area contributed by atoms with Crippen molar-refractivity contribution in [2.75, 3.05) is 24.6 Å². The van der Waals surface area contributed by atoms with Gasteiger partial charge < -0.3 is 19.1 Å². The zero-order valence-corrected chi connectivity index (χ0v) is 25.4. The third-order valence-electron chi connectivity index (χ3n) is 6.38. The quantitative estimate of drug-likeness (QED) is 0.219. The summed E-state index contributed by atoms with van der Waals surface area (Å²) in [4.78, 5) is 53.3. The van der Waals surface area contributed by atoms with Crippen LogP contribution in [0.5, 0.6) is 0 Å². The fraction of sp³-hybridized carbons (Fsp3) is 0.314. The van der Waals surface area contributed by atoms with Gasteiger partial charge >= 0.3 is 17.9 Å². The number of ketones is 1. The molecule has 0 fully saturated rings. The second kappa shape index (κ2) is 12.7. The van der Waals surface area contributed by atoms with Crippen molar-refractivity contribution >= 4 is 40.5 Å². The second-order valence-electron chi connectivity index (χ2n) is 12.2. The fourth-order valence-electron chi connectivity index (χ4n) is 4.74. The van der Waals surface area contributed by atoms with Crippen molar-refractivity contribution in [2.45, 2.75) is 52.7 Å². The van der Waals surface area contributed by atoms with Crippen LogP contribution in [0.15, 0.2) is 78.9 Å². The molecule has 0 atom stereocenters. The Hall–Kier alpha value is -4.72. The molecule has 0 bridgehead atoms. The molecule has 0 N–H and O–H groups in total. The number of hydrogen-bond donors (Lipinski definition) is 0. The van der Waals surface area contributed by atoms with Crippen molar-refractivity contribution < 1.29 is 33.4 Å². The maximum Gasteiger partial charge on any atom is 0.338 e. The molecule has 1 aliphatic rings. The number of rotatable bonds is 9. The molecule has 0 aliphatic heterocycles. The van der Waals surface area contributed by atoms with Gasteiger partial charge in [-0.05, 0) is 76.9 Å². The van der Waals surface area contributed by atoms with E-state index in [1.54, 1.807) is 107 Å². The number of benzene rings is 3. The average molecular weight is 584 g/mol. The highest BCUT2D eigenvalue weighted by molar-refractivity contribution is 6.40. The summed E-state index contributed by atoms with van der Waals surface area (Å²) in [7, 11) is 0. The molecule has 43 heavy (non-hydrogen) atoms. The highest BCUT2D eigenvalue weighted by Crippen LogP contribution is 2.39. The lowest BCUT2D eigenvalue weighted by molar-refractivity contribution is -0.154. The standard InChI is InChI=1S/C35H37NO7/c1-34(2,3)42-29(37)20-36(21-30(38)43-35(4,5)6)25-18-16-23(17-19-25)31-28(26-14-10-11-15-27(26)32(31)39)22-41-33(40)24-12-8-7-9-13-24/h7-19H,20-22H2,1-6H3. The molecule has 0 spiro atoms. The number of carbonyl (C=O) groups excluding carboxylic acids is 4. The van der Waals surface area contributed by atoms with Crippen molar-refractivity contribution in [3.05, 3.63) is 101 Å². The van der Waals surface area contributed by atoms with Crippen LogP contribution in [0.25, 0.3) is 11.1 Å². The first-order valence-electron chi connectivity index (χ1n) is 14.1. The van der Waals surface area contributed by atoms with E-state index in [1.807, 2.05) is 18.2 Å². The maximum absolute atomic E-state index is 13.6. The molecule has 0 heterocycles. The first kappa shape index (κ1) is 31.2. The van der Waals surface area contributed by atoms with Gasteiger partial charge in [0.1, 0.15) is 30.9 Å². The Bertz CT molecular complexity index is 1510. The smallest absolute Gasteiger partial charge is 0.338 e. The maximum atomic E-state index is 13.6. The molecule has 8 heteroatoms. The van der Waals surface area contributed by atoms with Gasteiger partial charge in [0.05, 0.1) is 5.56 Å². The summed E-state index contributed by atoms with van der Waals surface area (Å²) in [6.45, 7) is 10.2. The second-order valence-corrected chi connectivity index (χ2v) is 12.2. The Morgan fingerprint density at radius 1 is 0.674 bits per heavy atom. The van der Waals surface area contributed by atoms with Crippen molar-refractivity contribution in [2.24, 2.45) is 0 Å². The van der Waals surface area contributed by atoms with E-state index in [1.165, 1.54) is 0 Å². The number of ether oxygens (including phenoxy) is 3. The Labute approximate surface area is 252 Å². The van der Waals surface area contributed by atoms with E-state index in [0.717, 1.165) is 0 Å². The van der Waals surface area contributed by atoms with Gasteiger partial charge in [-0.25, -0.2) is 4.79 Å². The summed E-state index contributed by atoms with van der Waals surface area (Å²) in [5, 5.41) is 0. The summed E-state index contributed by atoms with van der Waals surface area (Å²) >= 11 is 0. The molecule has 3 aromatic rings. The van der Waals surface area contributed by atoms with E-state index in [0.29, 0.717) is 39.1 Å². The molecule has 4 rings (SSSR count). The van der Waals surface area contributed by atoms with Gasteiger partial charge in [-0.3, -0.25) is 14.4 Å². The normalized spacial score (nSPS) is 12.9. The first-order valence-corrected chi connectivity index (χ1v) is 14.1. The van der Waals surface area contributed by atoms with Gasteiger partial charge in [-0.1, -0.05) is 54.6 Å². The number of anilines is 1. The van der Waals surface area contributed by atoms with Gasteiger partial charge in [0.15, 0.2) is 5.78 Å². The number of esters is 3. The molecular formula is C35H37NO7. The van der Waals surface area contributed by atoms with E-state index in [4.69, 9.17) is 14.2 Å². The monoisotopic (exact) mass is 583 g/mol. The lowest BCUT2D eigenvalue weighted by atomic mass is 9.99. The number of allylic oxidation sites excluding steroid dienone is 1. The van der Waals surface area contributed by atoms with E-state index < -0.39 is 29.1 Å². The summed E-state index contributed by atoms with van der Waals surface area (Å²) in [6, 6.07) is 22.9. The van der Waals surface area contributed by atoms with Crippen LogP contribution in [0.3, 0.4) is 0 Å². The van der Waals surface area contributed by atoms with Crippen LogP contribution in [-0.4, -0.2) is 54.6 Å². The third-order valence-corrected chi connectivity index (χ3v) is 6.38. The highest BCUT2D eigenvalue weighted by atomic mass is 16.6. The summed E-state index contributed by atoms with van der Waals surface area (Å²) in [5.41, 5.74) is 2.50. The lowest BCUT2D eigenvalue weighted by Gasteiger charge is -2.28. The van der Waals surface area contributed by atoms with Crippen LogP contribution in [-0.2, 0) is 23.8 Å². The molecule has 0 aromatic heterocycles. The Morgan fingerprint density at radius 3 is 1.72 bits per heavy atom. The lowest BCUT2D eigenvalue weighted by Crippen LogP contribution is -2.40. The van der Waals surface area contributed by atoms with Crippen molar-refractivity contribution in [1.82, 2.24) is 0 Å². The minimum atomic E-state index is -0.691. The largest absolute Gasteiger partial charge is 0.459 e. The summed E-state index contributed by atoms with van der Waals surface area (Å²) in [5.74, 6) is -1.65. The third kappa shape index (κ3) is 8.19. The summed E-state index contributed by atoms with van der Waals surface area (Å²) in [6.07, 6.45) is 0. The first-order chi connectivity index (χ1) is 20.2. The predicted molar refractivity (Wildman–Crippen MR) is 165 cm³/mol. The molecule has 0 radical (unpaired) electrons. The highest BCUT2D eigenvalue weighted by Gasteiger charge is 2.31. The molecule has 0 amide bonds. The topological polar surface area (TPSA) is 99.2 Å². The van der Waals surface area contributed by atoms with Crippen LogP contribution in [0, 0.1) is 0 Å². The summed E-state index contributed by atoms with van der Waals surface area (Å²) < 4.78 is 16.6. The van der Waals surface area contributed by atoms with Crippen LogP contribution < -0.4 is 4.90 Å². The molecule has 8 nitrogen and oxygen atoms in total. The molecule has 3 aromatic carbocycles. The van der Waals surface area contributed by atoms with E-state index in [2.05, 4.69) is 0 Å². The molecule has 1 aliphatic carbocycles. The number of carbonyl (C=O) groups is 4. The van der Waals surface area contributed by atoms with Gasteiger partial charge in [-0.15, -0.1) is 0 Å². The fourth-order valence-corrected chi connectivity index (χ4v) is 4.74. The van der Waals surface area contributed by atoms with Crippen LogP contribution in [0.4, 0.5) is 5.69 Å². The minimum absolute atomic E-state index is 0.0863. The molecule has 0 saturated carbocycles. The van der Waals surface area contributed by atoms with E-state index >= 15 is 0 Å². The zero-order chi connectivity index (χ0) is 31.4. The average Bonchev–Trinajstić information content (AvgIpc) is 3.21. The van der Waals surface area contributed by atoms with Crippen LogP contribution in [0.1, 0.15) is 73.4 Å². The molecular weight excluding hydrogens is 546 g/mol. The van der Waals surface area contributed by atoms with Crippen molar-refractivity contribution in [1.29, 1.82) is 0 Å². The minimum Gasteiger partial charge on any atom is -0.459 e. The number of Topliss-reactive ketones (excluding diaryl/α,β-unsaturated/α-hetero) is 1. The van der Waals surface area contributed by atoms with Crippen LogP contribution in [0.2, 0.25) is 0 Å². The van der Waals surface area contributed by atoms with Crippen LogP contribution >= 0.6 is 0 Å². The van der Waals surface area contributed by atoms with Crippen molar-refractivity contribution in [3.8, 4) is 0 Å². The van der Waals surface area contributed by atoms with Gasteiger partial charge in [0.2, 0.25) is 0 Å². The zero-order valence-electron chi connectivity index (χ0n) is 25.4. The van der Waals surface area contributed by atoms with E-state index in [9.17, 15) is 19.2 Å². The van der Waals surface area contributed by atoms with Crippen molar-refractivity contribution in [3.63, 3.8) is 0 Å². The molecule has 224 valence electrons. The Morgan fingerprint density at radius 2 is 1.19 bits per heavy atom. The Kier molecular flexibility index (Phi) is 9.19. The van der Waals surface area contributed by atoms with Gasteiger partial charge in [0, 0.05) is 22.4 Å². The number of fused-ring (bicyclic) bond motifs is 1. The molecule has 0 unspecified atom stereocenters. The SMILES string of the molecule is CC(C)(C)OC(=O)CN(CC(=O)OC(C)(C)C)c1ccc(C2=C(COC(=O)c3ccccc3)c3ccccc3C2=O)cc1. The number of hydrogen-bond acceptors (Lipinski definition) is 8. The van der Waals surface area contributed by atoms with Gasteiger partial charge in [-0.2, -0.15) is 0 Å². The predicted octanol–water partition coefficient (Wildman–Crippen LogP) is 6.14.